The normalized spacial score (nSPS) is 33.1. The fourth-order valence-corrected chi connectivity index (χ4v) is 5.40. The maximum absolute atomic E-state index is 10.8. The highest BCUT2D eigenvalue weighted by Gasteiger charge is 2.46. The van der Waals surface area contributed by atoms with Crippen molar-refractivity contribution in [2.45, 2.75) is 55.4 Å². The Hall–Kier alpha value is -0.770. The van der Waals surface area contributed by atoms with Gasteiger partial charge in [-0.15, -0.1) is 0 Å². The molecule has 2 saturated heterocycles. The monoisotopic (exact) mass is 282 g/mol. The summed E-state index contributed by atoms with van der Waals surface area (Å²) in [5, 5.41) is 10.0. The van der Waals surface area contributed by atoms with Gasteiger partial charge in [-0.05, 0) is 43.9 Å². The Kier molecular flexibility index (Phi) is 5.49. The van der Waals surface area contributed by atoms with Gasteiger partial charge in [-0.2, -0.15) is 11.8 Å². The standard InChI is InChI=1S/C15H22O3S/c16-10-9-12-11(13-7-8-14(12)19-13)5-3-1-2-4-6-15(17)18/h1,3,10-14H,2,4-9H2,(H,17,18)/b3-1-/t11-,12+,13-,14+/m0/s1. The van der Waals surface area contributed by atoms with Gasteiger partial charge in [0.15, 0.2) is 0 Å². The van der Waals surface area contributed by atoms with Crippen molar-refractivity contribution >= 4 is 24.0 Å². The van der Waals surface area contributed by atoms with E-state index in [2.05, 4.69) is 23.9 Å². The number of aldehydes is 1. The molecule has 3 nitrogen and oxygen atoms in total. The van der Waals surface area contributed by atoms with Crippen LogP contribution in [-0.2, 0) is 9.59 Å². The van der Waals surface area contributed by atoms with Crippen LogP contribution in [0.3, 0.4) is 0 Å². The van der Waals surface area contributed by atoms with Crippen LogP contribution in [0.1, 0.15) is 44.9 Å². The van der Waals surface area contributed by atoms with E-state index in [0.29, 0.717) is 23.5 Å². The highest BCUT2D eigenvalue weighted by molar-refractivity contribution is 8.01. The summed E-state index contributed by atoms with van der Waals surface area (Å²) in [7, 11) is 0. The maximum atomic E-state index is 10.8. The molecule has 0 amide bonds. The van der Waals surface area contributed by atoms with Crippen LogP contribution in [-0.4, -0.2) is 27.9 Å². The van der Waals surface area contributed by atoms with Gasteiger partial charge in [-0.25, -0.2) is 0 Å². The first-order valence-corrected chi connectivity index (χ1v) is 8.12. The molecule has 2 aliphatic heterocycles. The van der Waals surface area contributed by atoms with E-state index in [1.807, 2.05) is 0 Å². The summed E-state index contributed by atoms with van der Waals surface area (Å²) in [5.41, 5.74) is 0. The molecule has 0 spiro atoms. The van der Waals surface area contributed by atoms with Crippen LogP contribution in [0.4, 0.5) is 0 Å². The van der Waals surface area contributed by atoms with Crippen LogP contribution in [0.5, 0.6) is 0 Å². The molecule has 2 fully saturated rings. The quantitative estimate of drug-likeness (QED) is 0.422. The number of fused-ring (bicyclic) bond motifs is 2. The fraction of sp³-hybridized carbons (Fsp3) is 0.733. The molecule has 0 unspecified atom stereocenters. The Morgan fingerprint density at radius 1 is 1.16 bits per heavy atom. The summed E-state index contributed by atoms with van der Waals surface area (Å²) < 4.78 is 0. The van der Waals surface area contributed by atoms with Crippen LogP contribution >= 0.6 is 11.8 Å². The second-order valence-electron chi connectivity index (χ2n) is 5.51. The summed E-state index contributed by atoms with van der Waals surface area (Å²) in [6, 6.07) is 0. The number of hydrogen-bond donors (Lipinski definition) is 1. The molecular weight excluding hydrogens is 260 g/mol. The van der Waals surface area contributed by atoms with Crippen molar-refractivity contribution < 1.29 is 14.7 Å². The zero-order chi connectivity index (χ0) is 13.7. The lowest BCUT2D eigenvalue weighted by molar-refractivity contribution is -0.137. The lowest BCUT2D eigenvalue weighted by atomic mass is 9.76. The van der Waals surface area contributed by atoms with E-state index in [9.17, 15) is 9.59 Å². The van der Waals surface area contributed by atoms with Gasteiger partial charge >= 0.3 is 5.97 Å². The average molecular weight is 282 g/mol. The minimum absolute atomic E-state index is 0.252. The number of aliphatic carboxylic acids is 1. The van der Waals surface area contributed by atoms with Crippen LogP contribution in [0.15, 0.2) is 12.2 Å². The van der Waals surface area contributed by atoms with Crippen molar-refractivity contribution in [3.05, 3.63) is 12.2 Å². The van der Waals surface area contributed by atoms with Crippen LogP contribution in [0.2, 0.25) is 0 Å². The average Bonchev–Trinajstić information content (AvgIpc) is 2.95. The number of hydrogen-bond acceptors (Lipinski definition) is 3. The van der Waals surface area contributed by atoms with Crippen LogP contribution < -0.4 is 0 Å². The molecule has 0 aromatic rings. The van der Waals surface area contributed by atoms with Gasteiger partial charge in [0.25, 0.3) is 0 Å². The number of allylic oxidation sites excluding steroid dienone is 2. The summed E-state index contributed by atoms with van der Waals surface area (Å²) in [6.45, 7) is 0. The third kappa shape index (κ3) is 3.85. The first kappa shape index (κ1) is 14.6. The molecule has 0 aliphatic carbocycles. The van der Waals surface area contributed by atoms with Crippen LogP contribution in [0, 0.1) is 11.8 Å². The Labute approximate surface area is 118 Å². The van der Waals surface area contributed by atoms with Crippen molar-refractivity contribution in [2.75, 3.05) is 0 Å². The largest absolute Gasteiger partial charge is 0.481 e. The molecule has 1 N–H and O–H groups in total. The molecule has 19 heavy (non-hydrogen) atoms. The number of rotatable bonds is 8. The van der Waals surface area contributed by atoms with Crippen molar-refractivity contribution in [3.63, 3.8) is 0 Å². The van der Waals surface area contributed by atoms with Gasteiger partial charge < -0.3 is 9.90 Å². The second-order valence-corrected chi connectivity index (χ2v) is 7.00. The smallest absolute Gasteiger partial charge is 0.303 e. The van der Waals surface area contributed by atoms with Crippen molar-refractivity contribution in [1.29, 1.82) is 0 Å². The fourth-order valence-electron chi connectivity index (χ4n) is 3.38. The zero-order valence-corrected chi connectivity index (χ0v) is 12.0. The minimum atomic E-state index is -0.719. The Balaban J connectivity index is 1.73. The highest BCUT2D eigenvalue weighted by atomic mass is 32.2. The van der Waals surface area contributed by atoms with Gasteiger partial charge in [0.1, 0.15) is 6.29 Å². The zero-order valence-electron chi connectivity index (χ0n) is 11.2. The van der Waals surface area contributed by atoms with Crippen molar-refractivity contribution in [3.8, 4) is 0 Å². The molecule has 4 heteroatoms. The molecule has 2 bridgehead atoms. The van der Waals surface area contributed by atoms with Gasteiger partial charge in [-0.1, -0.05) is 12.2 Å². The summed E-state index contributed by atoms with van der Waals surface area (Å²) in [6.07, 6.45) is 11.6. The molecule has 106 valence electrons. The van der Waals surface area contributed by atoms with Crippen LogP contribution in [0.25, 0.3) is 0 Å². The lowest BCUT2D eigenvalue weighted by Crippen LogP contribution is -2.27. The van der Waals surface area contributed by atoms with E-state index < -0.39 is 5.97 Å². The summed E-state index contributed by atoms with van der Waals surface area (Å²) >= 11 is 2.09. The molecule has 0 saturated carbocycles. The summed E-state index contributed by atoms with van der Waals surface area (Å²) in [5.74, 6) is 0.513. The van der Waals surface area contributed by atoms with E-state index >= 15 is 0 Å². The molecule has 2 rings (SSSR count). The van der Waals surface area contributed by atoms with Gasteiger partial charge in [0.05, 0.1) is 0 Å². The SMILES string of the molecule is O=CC[C@@H]1[C@H](C/C=C\CCCC(=O)O)[C@@H]2CC[C@H]1S2. The molecule has 2 aliphatic rings. The second kappa shape index (κ2) is 7.13. The number of unbranched alkanes of at least 4 members (excludes halogenated alkanes) is 1. The third-order valence-corrected chi connectivity index (χ3v) is 6.16. The molecule has 0 aromatic carbocycles. The summed E-state index contributed by atoms with van der Waals surface area (Å²) in [4.78, 5) is 21.2. The highest BCUT2D eigenvalue weighted by Crippen LogP contribution is 2.55. The molecule has 0 radical (unpaired) electrons. The molecular formula is C15H22O3S. The number of carbonyl (C=O) groups is 2. The van der Waals surface area contributed by atoms with Crippen molar-refractivity contribution in [2.24, 2.45) is 11.8 Å². The first-order chi connectivity index (χ1) is 9.22. The number of carboxylic acid groups (broad SMARTS) is 1. The Morgan fingerprint density at radius 2 is 1.84 bits per heavy atom. The molecule has 4 atom stereocenters. The number of carboxylic acids is 1. The number of thioether (sulfide) groups is 1. The maximum Gasteiger partial charge on any atom is 0.303 e. The lowest BCUT2D eigenvalue weighted by Gasteiger charge is -2.27. The topological polar surface area (TPSA) is 54.4 Å². The predicted octanol–water partition coefficient (Wildman–Crippen LogP) is 3.29. The van der Waals surface area contributed by atoms with Gasteiger partial charge in [0.2, 0.25) is 0 Å². The van der Waals surface area contributed by atoms with Gasteiger partial charge in [-0.3, -0.25) is 4.79 Å². The Bertz CT molecular complexity index is 353. The third-order valence-electron chi connectivity index (χ3n) is 4.30. The predicted molar refractivity (Wildman–Crippen MR) is 77.3 cm³/mol. The molecule has 2 heterocycles. The van der Waals surface area contributed by atoms with Crippen molar-refractivity contribution in [1.82, 2.24) is 0 Å². The number of carbonyl (C=O) groups excluding carboxylic acids is 1. The van der Waals surface area contributed by atoms with E-state index in [1.165, 1.54) is 12.8 Å². The first-order valence-electron chi connectivity index (χ1n) is 7.18. The Morgan fingerprint density at radius 3 is 2.47 bits per heavy atom. The van der Waals surface area contributed by atoms with E-state index in [1.54, 1.807) is 0 Å². The van der Waals surface area contributed by atoms with E-state index in [0.717, 1.165) is 30.8 Å². The molecule has 0 aromatic heterocycles. The minimum Gasteiger partial charge on any atom is -0.481 e. The van der Waals surface area contributed by atoms with E-state index in [-0.39, 0.29) is 6.42 Å². The van der Waals surface area contributed by atoms with E-state index in [4.69, 9.17) is 5.11 Å². The van der Waals surface area contributed by atoms with Gasteiger partial charge in [0, 0.05) is 23.3 Å².